The summed E-state index contributed by atoms with van der Waals surface area (Å²) in [6.07, 6.45) is 2.34. The van der Waals surface area contributed by atoms with E-state index >= 15 is 0 Å². The number of halogens is 1. The first kappa shape index (κ1) is 15.0. The third-order valence-corrected chi connectivity index (χ3v) is 4.72. The van der Waals surface area contributed by atoms with Gasteiger partial charge in [-0.25, -0.2) is 0 Å². The van der Waals surface area contributed by atoms with Gasteiger partial charge in [-0.3, -0.25) is 4.90 Å². The molecule has 4 heteroatoms. The zero-order valence-electron chi connectivity index (χ0n) is 11.8. The molecule has 0 radical (unpaired) electrons. The third kappa shape index (κ3) is 3.78. The largest absolute Gasteiger partial charge is 0.377 e. The summed E-state index contributed by atoms with van der Waals surface area (Å²) < 4.78 is 6.80. The average molecular weight is 327 g/mol. The van der Waals surface area contributed by atoms with Gasteiger partial charge in [0.15, 0.2) is 0 Å². The monoisotopic (exact) mass is 326 g/mol. The number of nitrogens with two attached hydrogens (primary N) is 1. The molecule has 1 fully saturated rings. The van der Waals surface area contributed by atoms with Gasteiger partial charge >= 0.3 is 0 Å². The summed E-state index contributed by atoms with van der Waals surface area (Å²) >= 11 is 3.65. The summed E-state index contributed by atoms with van der Waals surface area (Å²) in [6, 6.07) is 6.40. The molecule has 1 atom stereocenters. The highest BCUT2D eigenvalue weighted by Crippen LogP contribution is 2.27. The van der Waals surface area contributed by atoms with Crippen molar-refractivity contribution in [3.05, 3.63) is 33.8 Å². The SMILES string of the molecule is COC1(C)CCCN(Cc2ccc(CN)cc2Br)C1. The van der Waals surface area contributed by atoms with E-state index in [1.807, 2.05) is 7.11 Å². The second kappa shape index (κ2) is 6.35. The minimum Gasteiger partial charge on any atom is -0.377 e. The number of rotatable bonds is 4. The van der Waals surface area contributed by atoms with Crippen molar-refractivity contribution in [1.82, 2.24) is 4.90 Å². The zero-order chi connectivity index (χ0) is 13.9. The van der Waals surface area contributed by atoms with Crippen molar-refractivity contribution in [2.24, 2.45) is 5.73 Å². The van der Waals surface area contributed by atoms with Crippen LogP contribution in [0.15, 0.2) is 22.7 Å². The number of benzene rings is 1. The van der Waals surface area contributed by atoms with E-state index in [0.29, 0.717) is 6.54 Å². The van der Waals surface area contributed by atoms with Crippen molar-refractivity contribution < 1.29 is 4.74 Å². The number of piperidine rings is 1. The highest BCUT2D eigenvalue weighted by atomic mass is 79.9. The number of nitrogens with zero attached hydrogens (tertiary/aromatic N) is 1. The topological polar surface area (TPSA) is 38.5 Å². The van der Waals surface area contributed by atoms with Gasteiger partial charge in [-0.1, -0.05) is 28.1 Å². The van der Waals surface area contributed by atoms with Crippen molar-refractivity contribution in [3.8, 4) is 0 Å². The van der Waals surface area contributed by atoms with Crippen molar-refractivity contribution in [3.63, 3.8) is 0 Å². The Morgan fingerprint density at radius 3 is 2.89 bits per heavy atom. The number of ether oxygens (including phenoxy) is 1. The van der Waals surface area contributed by atoms with E-state index in [-0.39, 0.29) is 5.60 Å². The molecule has 1 saturated heterocycles. The van der Waals surface area contributed by atoms with E-state index in [9.17, 15) is 0 Å². The summed E-state index contributed by atoms with van der Waals surface area (Å²) in [7, 11) is 1.81. The standard InChI is InChI=1S/C15H23BrN2O/c1-15(19-2)6-3-7-18(11-15)10-13-5-4-12(9-17)8-14(13)16/h4-5,8H,3,6-7,9-11,17H2,1-2H3. The number of hydrogen-bond donors (Lipinski definition) is 1. The van der Waals surface area contributed by atoms with Crippen LogP contribution in [-0.2, 0) is 17.8 Å². The van der Waals surface area contributed by atoms with Gasteiger partial charge in [0.25, 0.3) is 0 Å². The van der Waals surface area contributed by atoms with Gasteiger partial charge in [-0.05, 0) is 43.5 Å². The second-order valence-electron chi connectivity index (χ2n) is 5.60. The fourth-order valence-corrected chi connectivity index (χ4v) is 3.25. The van der Waals surface area contributed by atoms with E-state index in [0.717, 1.165) is 36.1 Å². The molecule has 1 aliphatic heterocycles. The average Bonchev–Trinajstić information content (AvgIpc) is 2.41. The normalized spacial score (nSPS) is 24.6. The Hall–Kier alpha value is -0.420. The molecule has 1 aromatic rings. The first-order chi connectivity index (χ1) is 9.06. The lowest BCUT2D eigenvalue weighted by atomic mass is 9.94. The molecule has 0 bridgehead atoms. The van der Waals surface area contributed by atoms with Crippen LogP contribution in [-0.4, -0.2) is 30.7 Å². The third-order valence-electron chi connectivity index (χ3n) is 3.98. The molecule has 3 nitrogen and oxygen atoms in total. The Morgan fingerprint density at radius 1 is 1.47 bits per heavy atom. The highest BCUT2D eigenvalue weighted by molar-refractivity contribution is 9.10. The quantitative estimate of drug-likeness (QED) is 0.924. The first-order valence-corrected chi connectivity index (χ1v) is 7.60. The van der Waals surface area contributed by atoms with Crippen LogP contribution in [0.5, 0.6) is 0 Å². The minimum absolute atomic E-state index is 0.00191. The van der Waals surface area contributed by atoms with Crippen LogP contribution in [0.4, 0.5) is 0 Å². The molecule has 0 aliphatic carbocycles. The summed E-state index contributed by atoms with van der Waals surface area (Å²) in [6.45, 7) is 5.89. The summed E-state index contributed by atoms with van der Waals surface area (Å²) in [5.41, 5.74) is 8.14. The smallest absolute Gasteiger partial charge is 0.0777 e. The fourth-order valence-electron chi connectivity index (χ4n) is 2.70. The summed E-state index contributed by atoms with van der Waals surface area (Å²) in [5.74, 6) is 0. The van der Waals surface area contributed by atoms with Gasteiger partial charge in [0, 0.05) is 31.2 Å². The Balaban J connectivity index is 2.04. The molecule has 0 spiro atoms. The molecule has 2 N–H and O–H groups in total. The van der Waals surface area contributed by atoms with Crippen LogP contribution in [0.3, 0.4) is 0 Å². The van der Waals surface area contributed by atoms with Crippen LogP contribution >= 0.6 is 15.9 Å². The maximum absolute atomic E-state index is 5.66. The molecule has 1 heterocycles. The zero-order valence-corrected chi connectivity index (χ0v) is 13.4. The number of hydrogen-bond acceptors (Lipinski definition) is 3. The van der Waals surface area contributed by atoms with Gasteiger partial charge in [0.1, 0.15) is 0 Å². The fraction of sp³-hybridized carbons (Fsp3) is 0.600. The maximum Gasteiger partial charge on any atom is 0.0777 e. The molecule has 0 aromatic heterocycles. The molecule has 2 rings (SSSR count). The van der Waals surface area contributed by atoms with Crippen LogP contribution in [0.2, 0.25) is 0 Å². The van der Waals surface area contributed by atoms with E-state index in [2.05, 4.69) is 46.0 Å². The molecule has 106 valence electrons. The van der Waals surface area contributed by atoms with Crippen LogP contribution in [0.25, 0.3) is 0 Å². The summed E-state index contributed by atoms with van der Waals surface area (Å²) in [5, 5.41) is 0. The number of methoxy groups -OCH3 is 1. The molecular formula is C15H23BrN2O. The maximum atomic E-state index is 5.66. The molecule has 1 unspecified atom stereocenters. The van der Waals surface area contributed by atoms with Gasteiger partial charge in [0.2, 0.25) is 0 Å². The van der Waals surface area contributed by atoms with E-state index in [4.69, 9.17) is 10.5 Å². The van der Waals surface area contributed by atoms with Crippen LogP contribution in [0.1, 0.15) is 30.9 Å². The molecule has 0 saturated carbocycles. The lowest BCUT2D eigenvalue weighted by Gasteiger charge is -2.39. The van der Waals surface area contributed by atoms with Crippen molar-refractivity contribution in [2.75, 3.05) is 20.2 Å². The van der Waals surface area contributed by atoms with E-state index in [1.165, 1.54) is 12.0 Å². The van der Waals surface area contributed by atoms with Gasteiger partial charge in [0.05, 0.1) is 5.60 Å². The Bertz CT molecular complexity index is 438. The predicted octanol–water partition coefficient (Wildman–Crippen LogP) is 2.91. The highest BCUT2D eigenvalue weighted by Gasteiger charge is 2.30. The van der Waals surface area contributed by atoms with Crippen molar-refractivity contribution in [1.29, 1.82) is 0 Å². The molecule has 1 aromatic carbocycles. The lowest BCUT2D eigenvalue weighted by Crippen LogP contribution is -2.46. The van der Waals surface area contributed by atoms with E-state index in [1.54, 1.807) is 0 Å². The Kier molecular flexibility index (Phi) is 5.01. The second-order valence-corrected chi connectivity index (χ2v) is 6.45. The van der Waals surface area contributed by atoms with Crippen molar-refractivity contribution >= 4 is 15.9 Å². The van der Waals surface area contributed by atoms with Gasteiger partial charge in [-0.15, -0.1) is 0 Å². The predicted molar refractivity (Wildman–Crippen MR) is 82.0 cm³/mol. The number of likely N-dealkylation sites (tertiary alicyclic amines) is 1. The first-order valence-electron chi connectivity index (χ1n) is 6.81. The van der Waals surface area contributed by atoms with Crippen LogP contribution in [0, 0.1) is 0 Å². The molecule has 1 aliphatic rings. The molecular weight excluding hydrogens is 304 g/mol. The van der Waals surface area contributed by atoms with Gasteiger partial charge < -0.3 is 10.5 Å². The Morgan fingerprint density at radius 2 is 2.26 bits per heavy atom. The Labute approximate surface area is 124 Å². The summed E-state index contributed by atoms with van der Waals surface area (Å²) in [4.78, 5) is 2.47. The van der Waals surface area contributed by atoms with Crippen molar-refractivity contribution in [2.45, 2.75) is 38.5 Å². The minimum atomic E-state index is 0.00191. The molecule has 19 heavy (non-hydrogen) atoms. The molecule has 0 amide bonds. The van der Waals surface area contributed by atoms with Gasteiger partial charge in [-0.2, -0.15) is 0 Å². The lowest BCUT2D eigenvalue weighted by molar-refractivity contribution is -0.0527. The van der Waals surface area contributed by atoms with Crippen LogP contribution < -0.4 is 5.73 Å². The van der Waals surface area contributed by atoms with E-state index < -0.39 is 0 Å².